The largest absolute Gasteiger partial charge is 0.369 e. The van der Waals surface area contributed by atoms with Crippen LogP contribution in [-0.2, 0) is 24.3 Å². The average Bonchev–Trinajstić information content (AvgIpc) is 3.07. The number of ether oxygens (including phenoxy) is 1. The third-order valence-corrected chi connectivity index (χ3v) is 7.40. The van der Waals surface area contributed by atoms with Gasteiger partial charge in [0.2, 0.25) is 0 Å². The Labute approximate surface area is 173 Å². The van der Waals surface area contributed by atoms with Crippen LogP contribution in [0.4, 0.5) is 0 Å². The molecule has 6 heteroatoms. The zero-order chi connectivity index (χ0) is 19.7. The Balaban J connectivity index is 1.88. The molecule has 0 N–H and O–H groups in total. The molecule has 0 saturated carbocycles. The van der Waals surface area contributed by atoms with Gasteiger partial charge in [0, 0.05) is 17.1 Å². The van der Waals surface area contributed by atoms with Crippen molar-refractivity contribution < 1.29 is 4.74 Å². The van der Waals surface area contributed by atoms with Crippen molar-refractivity contribution in [1.82, 2.24) is 9.55 Å². The summed E-state index contributed by atoms with van der Waals surface area (Å²) in [7, 11) is 0. The van der Waals surface area contributed by atoms with Gasteiger partial charge in [0.15, 0.2) is 5.16 Å². The molecule has 0 spiro atoms. The van der Waals surface area contributed by atoms with Crippen LogP contribution >= 0.6 is 23.1 Å². The molecule has 3 aromatic rings. The van der Waals surface area contributed by atoms with Crippen LogP contribution in [0.2, 0.25) is 0 Å². The molecule has 1 aliphatic heterocycles. The predicted molar refractivity (Wildman–Crippen MR) is 118 cm³/mol. The highest BCUT2D eigenvalue weighted by atomic mass is 32.2. The summed E-state index contributed by atoms with van der Waals surface area (Å²) >= 11 is 3.15. The highest BCUT2D eigenvalue weighted by Gasteiger charge is 2.33. The topological polar surface area (TPSA) is 44.1 Å². The lowest BCUT2D eigenvalue weighted by Crippen LogP contribution is -2.34. The lowest BCUT2D eigenvalue weighted by molar-refractivity contribution is -0.0543. The van der Waals surface area contributed by atoms with Crippen LogP contribution in [-0.4, -0.2) is 20.9 Å². The van der Waals surface area contributed by atoms with E-state index in [0.717, 1.165) is 50.0 Å². The van der Waals surface area contributed by atoms with Crippen LogP contribution in [0.1, 0.15) is 36.3 Å². The Kier molecular flexibility index (Phi) is 5.45. The number of benzene rings is 1. The number of aromatic nitrogens is 2. The standard InChI is InChI=1S/C22H24N2O2S2/c1-4-11-27-21-23-19-18(16-12-22(3,5-2)26-14-17(16)28-19)20(25)24(21)13-15-9-7-6-8-10-15/h4,6-10H,1,5,11-14H2,2-3H3. The van der Waals surface area contributed by atoms with Crippen molar-refractivity contribution >= 4 is 33.3 Å². The fraction of sp³-hybridized carbons (Fsp3) is 0.364. The molecule has 3 heterocycles. The van der Waals surface area contributed by atoms with Gasteiger partial charge in [-0.2, -0.15) is 0 Å². The van der Waals surface area contributed by atoms with E-state index in [9.17, 15) is 4.79 Å². The lowest BCUT2D eigenvalue weighted by Gasteiger charge is -2.32. The zero-order valence-electron chi connectivity index (χ0n) is 16.2. The van der Waals surface area contributed by atoms with Gasteiger partial charge in [0.05, 0.1) is 24.1 Å². The highest BCUT2D eigenvalue weighted by molar-refractivity contribution is 7.99. The Morgan fingerprint density at radius 1 is 1.39 bits per heavy atom. The Morgan fingerprint density at radius 2 is 2.18 bits per heavy atom. The van der Waals surface area contributed by atoms with E-state index < -0.39 is 0 Å². The first kappa shape index (κ1) is 19.4. The minimum absolute atomic E-state index is 0.0540. The van der Waals surface area contributed by atoms with E-state index in [1.807, 2.05) is 41.0 Å². The van der Waals surface area contributed by atoms with Gasteiger partial charge in [0.25, 0.3) is 5.56 Å². The van der Waals surface area contributed by atoms with Crippen LogP contribution in [0, 0.1) is 0 Å². The van der Waals surface area contributed by atoms with Crippen molar-refractivity contribution in [3.63, 3.8) is 0 Å². The molecule has 0 fully saturated rings. The zero-order valence-corrected chi connectivity index (χ0v) is 17.9. The third-order valence-electron chi connectivity index (χ3n) is 5.32. The molecule has 1 unspecified atom stereocenters. The molecular formula is C22H24N2O2S2. The summed E-state index contributed by atoms with van der Waals surface area (Å²) < 4.78 is 7.90. The van der Waals surface area contributed by atoms with Crippen molar-refractivity contribution in [3.8, 4) is 0 Å². The minimum Gasteiger partial charge on any atom is -0.369 e. The summed E-state index contributed by atoms with van der Waals surface area (Å²) in [5, 5.41) is 1.53. The number of hydrogen-bond acceptors (Lipinski definition) is 5. The number of fused-ring (bicyclic) bond motifs is 3. The third kappa shape index (κ3) is 3.56. The second-order valence-corrected chi connectivity index (χ2v) is 9.39. The van der Waals surface area contributed by atoms with E-state index in [1.54, 1.807) is 23.1 Å². The molecule has 2 aromatic heterocycles. The van der Waals surface area contributed by atoms with Crippen molar-refractivity contribution in [2.45, 2.75) is 50.6 Å². The summed E-state index contributed by atoms with van der Waals surface area (Å²) in [5.74, 6) is 0.717. The molecule has 28 heavy (non-hydrogen) atoms. The summed E-state index contributed by atoms with van der Waals surface area (Å²) in [4.78, 5) is 20.5. The van der Waals surface area contributed by atoms with Crippen LogP contribution in [0.15, 0.2) is 52.9 Å². The summed E-state index contributed by atoms with van der Waals surface area (Å²) in [6, 6.07) is 10.1. The number of rotatable bonds is 6. The van der Waals surface area contributed by atoms with Gasteiger partial charge in [-0.15, -0.1) is 17.9 Å². The number of thiophene rings is 1. The minimum atomic E-state index is -0.214. The first-order valence-corrected chi connectivity index (χ1v) is 11.3. The van der Waals surface area contributed by atoms with Crippen LogP contribution in [0.5, 0.6) is 0 Å². The fourth-order valence-corrected chi connectivity index (χ4v) is 5.39. The SMILES string of the molecule is C=CCSc1nc2sc3c(c2c(=O)n1Cc1ccccc1)CC(C)(CC)OC3. The molecule has 0 radical (unpaired) electrons. The molecule has 4 rings (SSSR count). The maximum atomic E-state index is 13.6. The second kappa shape index (κ2) is 7.85. The van der Waals surface area contributed by atoms with Crippen molar-refractivity contribution in [3.05, 3.63) is 69.3 Å². The van der Waals surface area contributed by atoms with E-state index in [0.29, 0.717) is 13.2 Å². The maximum Gasteiger partial charge on any atom is 0.263 e. The van der Waals surface area contributed by atoms with E-state index >= 15 is 0 Å². The molecule has 146 valence electrons. The van der Waals surface area contributed by atoms with Crippen LogP contribution in [0.25, 0.3) is 10.2 Å². The molecule has 1 atom stereocenters. The van der Waals surface area contributed by atoms with Gasteiger partial charge in [-0.05, 0) is 24.5 Å². The molecular weight excluding hydrogens is 388 g/mol. The second-order valence-electron chi connectivity index (χ2n) is 7.32. The fourth-order valence-electron chi connectivity index (χ4n) is 3.51. The van der Waals surface area contributed by atoms with Crippen molar-refractivity contribution in [1.29, 1.82) is 0 Å². The molecule has 1 aromatic carbocycles. The molecule has 0 saturated heterocycles. The van der Waals surface area contributed by atoms with Gasteiger partial charge in [-0.25, -0.2) is 4.98 Å². The first-order chi connectivity index (χ1) is 13.5. The van der Waals surface area contributed by atoms with Gasteiger partial charge < -0.3 is 4.74 Å². The van der Waals surface area contributed by atoms with Crippen LogP contribution < -0.4 is 5.56 Å². The summed E-state index contributed by atoms with van der Waals surface area (Å²) in [5.41, 5.74) is 2.07. The summed E-state index contributed by atoms with van der Waals surface area (Å²) in [6.45, 7) is 9.15. The van der Waals surface area contributed by atoms with Gasteiger partial charge in [-0.1, -0.05) is 55.1 Å². The molecule has 0 amide bonds. The van der Waals surface area contributed by atoms with E-state index in [1.165, 1.54) is 0 Å². The molecule has 0 bridgehead atoms. The van der Waals surface area contributed by atoms with Gasteiger partial charge in [0.1, 0.15) is 4.83 Å². The Morgan fingerprint density at radius 3 is 2.89 bits per heavy atom. The molecule has 4 nitrogen and oxygen atoms in total. The highest BCUT2D eigenvalue weighted by Crippen LogP contribution is 2.38. The quantitative estimate of drug-likeness (QED) is 0.324. The van der Waals surface area contributed by atoms with Gasteiger partial charge >= 0.3 is 0 Å². The van der Waals surface area contributed by atoms with Gasteiger partial charge in [-0.3, -0.25) is 9.36 Å². The van der Waals surface area contributed by atoms with Crippen LogP contribution in [0.3, 0.4) is 0 Å². The summed E-state index contributed by atoms with van der Waals surface area (Å²) in [6.07, 6.45) is 3.52. The van der Waals surface area contributed by atoms with Crippen molar-refractivity contribution in [2.75, 3.05) is 5.75 Å². The van der Waals surface area contributed by atoms with E-state index in [4.69, 9.17) is 9.72 Å². The van der Waals surface area contributed by atoms with Crippen molar-refractivity contribution in [2.24, 2.45) is 0 Å². The van der Waals surface area contributed by atoms with E-state index in [2.05, 4.69) is 20.4 Å². The number of hydrogen-bond donors (Lipinski definition) is 0. The number of thioether (sulfide) groups is 1. The lowest BCUT2D eigenvalue weighted by atomic mass is 9.90. The predicted octanol–water partition coefficient (Wildman–Crippen LogP) is 5.03. The monoisotopic (exact) mass is 412 g/mol. The Bertz CT molecular complexity index is 1070. The Hall–Kier alpha value is -1.89. The maximum absolute atomic E-state index is 13.6. The molecule has 1 aliphatic rings. The normalized spacial score (nSPS) is 18.9. The average molecular weight is 413 g/mol. The number of nitrogens with zero attached hydrogens (tertiary/aromatic N) is 2. The smallest absolute Gasteiger partial charge is 0.263 e. The first-order valence-electron chi connectivity index (χ1n) is 9.51. The molecule has 0 aliphatic carbocycles. The van der Waals surface area contributed by atoms with E-state index in [-0.39, 0.29) is 11.2 Å².